The molecule has 0 unspecified atom stereocenters. The molecule has 0 heterocycles. The number of ether oxygens (including phenoxy) is 1. The first-order valence-electron chi connectivity index (χ1n) is 5.66. The second kappa shape index (κ2) is 9.93. The van der Waals surface area contributed by atoms with Crippen molar-refractivity contribution in [2.24, 2.45) is 0 Å². The molecule has 0 saturated carbocycles. The number of carbonyl (C=O) groups is 1. The van der Waals surface area contributed by atoms with Gasteiger partial charge in [-0.1, -0.05) is 6.92 Å². The average molecular weight is 216 g/mol. The van der Waals surface area contributed by atoms with Crippen molar-refractivity contribution >= 4 is 5.97 Å². The fraction of sp³-hybridized carbons (Fsp3) is 0.909. The molecule has 0 aliphatic rings. The van der Waals surface area contributed by atoms with E-state index in [0.717, 1.165) is 32.6 Å². The maximum Gasteiger partial charge on any atom is 0.305 e. The van der Waals surface area contributed by atoms with Crippen molar-refractivity contribution in [1.82, 2.24) is 10.2 Å². The minimum Gasteiger partial charge on any atom is -0.469 e. The van der Waals surface area contributed by atoms with Crippen molar-refractivity contribution in [2.75, 3.05) is 40.3 Å². The quantitative estimate of drug-likeness (QED) is 0.459. The van der Waals surface area contributed by atoms with Crippen LogP contribution >= 0.6 is 0 Å². The molecule has 0 bridgehead atoms. The molecule has 0 saturated heterocycles. The zero-order valence-electron chi connectivity index (χ0n) is 10.2. The van der Waals surface area contributed by atoms with Gasteiger partial charge in [-0.3, -0.25) is 4.79 Å². The van der Waals surface area contributed by atoms with E-state index in [1.165, 1.54) is 13.5 Å². The fourth-order valence-corrected chi connectivity index (χ4v) is 1.35. The standard InChI is InChI=1S/C11H24N2O2/c1-4-9-13(2)10-8-12-7-5-6-11(14)15-3/h12H,4-10H2,1-3H3. The summed E-state index contributed by atoms with van der Waals surface area (Å²) in [5, 5.41) is 3.30. The van der Waals surface area contributed by atoms with E-state index in [-0.39, 0.29) is 5.97 Å². The summed E-state index contributed by atoms with van der Waals surface area (Å²) in [7, 11) is 3.55. The van der Waals surface area contributed by atoms with Crippen molar-refractivity contribution < 1.29 is 9.53 Å². The average Bonchev–Trinajstić information content (AvgIpc) is 2.23. The van der Waals surface area contributed by atoms with Gasteiger partial charge in [0, 0.05) is 19.5 Å². The number of esters is 1. The monoisotopic (exact) mass is 216 g/mol. The zero-order chi connectivity index (χ0) is 11.5. The van der Waals surface area contributed by atoms with E-state index in [1.807, 2.05) is 0 Å². The Morgan fingerprint density at radius 1 is 1.33 bits per heavy atom. The van der Waals surface area contributed by atoms with Gasteiger partial charge in [0.2, 0.25) is 0 Å². The third-order valence-corrected chi connectivity index (χ3v) is 2.24. The summed E-state index contributed by atoms with van der Waals surface area (Å²) in [5.74, 6) is -0.125. The summed E-state index contributed by atoms with van der Waals surface area (Å²) in [5.41, 5.74) is 0. The number of hydrogen-bond donors (Lipinski definition) is 1. The molecule has 0 aliphatic heterocycles. The molecular formula is C11H24N2O2. The second-order valence-corrected chi connectivity index (χ2v) is 3.73. The number of hydrogen-bond acceptors (Lipinski definition) is 4. The van der Waals surface area contributed by atoms with Gasteiger partial charge in [0.05, 0.1) is 7.11 Å². The van der Waals surface area contributed by atoms with Crippen LogP contribution in [0.4, 0.5) is 0 Å². The molecule has 0 aromatic rings. The molecule has 1 N–H and O–H groups in total. The second-order valence-electron chi connectivity index (χ2n) is 3.73. The van der Waals surface area contributed by atoms with Crippen LogP contribution in [0.25, 0.3) is 0 Å². The highest BCUT2D eigenvalue weighted by Crippen LogP contribution is 1.89. The Hall–Kier alpha value is -0.610. The molecule has 4 nitrogen and oxygen atoms in total. The molecular weight excluding hydrogens is 192 g/mol. The van der Waals surface area contributed by atoms with Gasteiger partial charge in [-0.2, -0.15) is 0 Å². The van der Waals surface area contributed by atoms with Crippen molar-refractivity contribution in [2.45, 2.75) is 26.2 Å². The Labute approximate surface area is 93.0 Å². The molecule has 0 fully saturated rings. The maximum absolute atomic E-state index is 10.8. The summed E-state index contributed by atoms with van der Waals surface area (Å²) in [6.45, 7) is 6.25. The molecule has 90 valence electrons. The van der Waals surface area contributed by atoms with E-state index in [1.54, 1.807) is 0 Å². The Morgan fingerprint density at radius 2 is 2.07 bits per heavy atom. The molecule has 0 amide bonds. The highest BCUT2D eigenvalue weighted by Gasteiger charge is 1.99. The lowest BCUT2D eigenvalue weighted by molar-refractivity contribution is -0.140. The van der Waals surface area contributed by atoms with Gasteiger partial charge >= 0.3 is 5.97 Å². The van der Waals surface area contributed by atoms with E-state index in [0.29, 0.717) is 6.42 Å². The van der Waals surface area contributed by atoms with Gasteiger partial charge in [0.1, 0.15) is 0 Å². The van der Waals surface area contributed by atoms with Gasteiger partial charge in [-0.15, -0.1) is 0 Å². The van der Waals surface area contributed by atoms with Gasteiger partial charge in [0.25, 0.3) is 0 Å². The molecule has 4 heteroatoms. The zero-order valence-corrected chi connectivity index (χ0v) is 10.2. The number of carbonyl (C=O) groups excluding carboxylic acids is 1. The minimum atomic E-state index is -0.125. The number of rotatable bonds is 9. The first-order valence-corrected chi connectivity index (χ1v) is 5.66. The van der Waals surface area contributed by atoms with Crippen LogP contribution in [0.1, 0.15) is 26.2 Å². The number of likely N-dealkylation sites (N-methyl/N-ethyl adjacent to an activating group) is 1. The number of methoxy groups -OCH3 is 1. The lowest BCUT2D eigenvalue weighted by Crippen LogP contribution is -2.30. The fourth-order valence-electron chi connectivity index (χ4n) is 1.35. The van der Waals surface area contributed by atoms with E-state index < -0.39 is 0 Å². The van der Waals surface area contributed by atoms with Gasteiger partial charge in [0.15, 0.2) is 0 Å². The highest BCUT2D eigenvalue weighted by atomic mass is 16.5. The molecule has 0 spiro atoms. The van der Waals surface area contributed by atoms with E-state index in [4.69, 9.17) is 0 Å². The van der Waals surface area contributed by atoms with Crippen molar-refractivity contribution in [3.63, 3.8) is 0 Å². The largest absolute Gasteiger partial charge is 0.469 e. The van der Waals surface area contributed by atoms with E-state index >= 15 is 0 Å². The number of nitrogens with one attached hydrogen (secondary N) is 1. The topological polar surface area (TPSA) is 41.6 Å². The summed E-state index contributed by atoms with van der Waals surface area (Å²) < 4.78 is 4.55. The smallest absolute Gasteiger partial charge is 0.305 e. The first-order chi connectivity index (χ1) is 7.20. The summed E-state index contributed by atoms with van der Waals surface area (Å²) >= 11 is 0. The normalized spacial score (nSPS) is 10.7. The van der Waals surface area contributed by atoms with Gasteiger partial charge in [-0.25, -0.2) is 0 Å². The Morgan fingerprint density at radius 3 is 2.67 bits per heavy atom. The van der Waals surface area contributed by atoms with E-state index in [2.05, 4.69) is 28.9 Å². The van der Waals surface area contributed by atoms with Crippen LogP contribution in [0.2, 0.25) is 0 Å². The molecule has 0 aromatic heterocycles. The lowest BCUT2D eigenvalue weighted by Gasteiger charge is -2.15. The van der Waals surface area contributed by atoms with Crippen molar-refractivity contribution in [3.8, 4) is 0 Å². The molecule has 0 aromatic carbocycles. The van der Waals surface area contributed by atoms with Crippen LogP contribution in [0.15, 0.2) is 0 Å². The molecule has 0 rings (SSSR count). The first kappa shape index (κ1) is 14.4. The lowest BCUT2D eigenvalue weighted by atomic mass is 10.3. The molecule has 0 aliphatic carbocycles. The third kappa shape index (κ3) is 9.69. The Balaban J connectivity index is 3.14. The minimum absolute atomic E-state index is 0.125. The maximum atomic E-state index is 10.8. The van der Waals surface area contributed by atoms with E-state index in [9.17, 15) is 4.79 Å². The molecule has 0 radical (unpaired) electrons. The Bertz CT molecular complexity index is 163. The molecule has 15 heavy (non-hydrogen) atoms. The van der Waals surface area contributed by atoms with Crippen LogP contribution in [-0.2, 0) is 9.53 Å². The van der Waals surface area contributed by atoms with Crippen LogP contribution in [-0.4, -0.2) is 51.2 Å². The summed E-state index contributed by atoms with van der Waals surface area (Å²) in [4.78, 5) is 13.1. The Kier molecular flexibility index (Phi) is 9.52. The van der Waals surface area contributed by atoms with Gasteiger partial charge < -0.3 is 15.0 Å². The van der Waals surface area contributed by atoms with Crippen LogP contribution < -0.4 is 5.32 Å². The van der Waals surface area contributed by atoms with Crippen LogP contribution in [0.3, 0.4) is 0 Å². The SMILES string of the molecule is CCCN(C)CCNCCCC(=O)OC. The van der Waals surface area contributed by atoms with Crippen molar-refractivity contribution in [1.29, 1.82) is 0 Å². The van der Waals surface area contributed by atoms with Gasteiger partial charge in [-0.05, 0) is 33.0 Å². The third-order valence-electron chi connectivity index (χ3n) is 2.24. The predicted octanol–water partition coefficient (Wildman–Crippen LogP) is 0.871. The summed E-state index contributed by atoms with van der Waals surface area (Å²) in [6.07, 6.45) is 2.55. The van der Waals surface area contributed by atoms with Crippen LogP contribution in [0.5, 0.6) is 0 Å². The summed E-state index contributed by atoms with van der Waals surface area (Å²) in [6, 6.07) is 0. The molecule has 0 atom stereocenters. The highest BCUT2D eigenvalue weighted by molar-refractivity contribution is 5.68. The predicted molar refractivity (Wildman–Crippen MR) is 61.9 cm³/mol. The van der Waals surface area contributed by atoms with Crippen molar-refractivity contribution in [3.05, 3.63) is 0 Å². The van der Waals surface area contributed by atoms with Crippen LogP contribution in [0, 0.1) is 0 Å². The number of nitrogens with zero attached hydrogens (tertiary/aromatic N) is 1.